The molecule has 3 aromatic carbocycles. The molecule has 1 aliphatic heterocycles. The highest BCUT2D eigenvalue weighted by molar-refractivity contribution is 6.33. The van der Waals surface area contributed by atoms with Gasteiger partial charge in [-0.25, -0.2) is 4.39 Å². The molecule has 4 rings (SSSR count). The van der Waals surface area contributed by atoms with E-state index in [1.807, 2.05) is 36.4 Å². The maximum absolute atomic E-state index is 15.0. The Hall–Kier alpha value is -3.01. The first-order chi connectivity index (χ1) is 14.0. The molecular weight excluding hydrogens is 403 g/mol. The van der Waals surface area contributed by atoms with Gasteiger partial charge in [0.25, 0.3) is 0 Å². The Bertz CT molecular complexity index is 1110. The van der Waals surface area contributed by atoms with Crippen molar-refractivity contribution in [1.29, 1.82) is 5.26 Å². The number of epoxide rings is 1. The van der Waals surface area contributed by atoms with E-state index in [1.165, 1.54) is 6.07 Å². The summed E-state index contributed by atoms with van der Waals surface area (Å²) in [5.74, 6) is -1.73. The van der Waals surface area contributed by atoms with Gasteiger partial charge in [0.1, 0.15) is 5.60 Å². The quantitative estimate of drug-likeness (QED) is 0.488. The van der Waals surface area contributed by atoms with Crippen molar-refractivity contribution in [3.63, 3.8) is 0 Å². The predicted octanol–water partition coefficient (Wildman–Crippen LogP) is 5.89. The molecular formula is C22H13ClF3NO2. The minimum Gasteiger partial charge on any atom is -0.432 e. The standard InChI is InChI=1S/C22H13ClF3NO2/c23-17-8-7-15(22(12-28-22)14-4-2-1-3-5-14)10-16(17)19-13(11-27)6-9-18(20(19)24)29-21(25)26/h1-10,21H,12H2. The Balaban J connectivity index is 1.87. The van der Waals surface area contributed by atoms with Gasteiger partial charge >= 0.3 is 6.61 Å². The molecule has 7 heteroatoms. The third-order valence-corrected chi connectivity index (χ3v) is 5.15. The van der Waals surface area contributed by atoms with Crippen LogP contribution in [-0.4, -0.2) is 13.2 Å². The summed E-state index contributed by atoms with van der Waals surface area (Å²) in [5, 5.41) is 9.58. The molecule has 0 N–H and O–H groups in total. The highest BCUT2D eigenvalue weighted by atomic mass is 35.5. The number of hydrogen-bond acceptors (Lipinski definition) is 3. The van der Waals surface area contributed by atoms with E-state index in [2.05, 4.69) is 4.74 Å². The normalized spacial score (nSPS) is 17.8. The fourth-order valence-corrected chi connectivity index (χ4v) is 3.56. The topological polar surface area (TPSA) is 45.5 Å². The lowest BCUT2D eigenvalue weighted by atomic mass is 9.89. The number of benzene rings is 3. The SMILES string of the molecule is N#Cc1ccc(OC(F)F)c(F)c1-c1cc(C2(c3ccccc3)CO2)ccc1Cl. The van der Waals surface area contributed by atoms with Gasteiger partial charge in [-0.1, -0.05) is 48.0 Å². The zero-order valence-electron chi connectivity index (χ0n) is 14.8. The van der Waals surface area contributed by atoms with Gasteiger partial charge in [0.2, 0.25) is 0 Å². The smallest absolute Gasteiger partial charge is 0.387 e. The van der Waals surface area contributed by atoms with Crippen LogP contribution >= 0.6 is 11.6 Å². The fourth-order valence-electron chi connectivity index (χ4n) is 3.35. The molecule has 0 aromatic heterocycles. The van der Waals surface area contributed by atoms with Crippen molar-refractivity contribution in [1.82, 2.24) is 0 Å². The maximum atomic E-state index is 15.0. The Labute approximate surface area is 169 Å². The van der Waals surface area contributed by atoms with Crippen molar-refractivity contribution in [2.45, 2.75) is 12.2 Å². The van der Waals surface area contributed by atoms with E-state index in [9.17, 15) is 14.0 Å². The summed E-state index contributed by atoms with van der Waals surface area (Å²) in [4.78, 5) is 0. The van der Waals surface area contributed by atoms with E-state index in [0.717, 1.165) is 11.6 Å². The number of nitriles is 1. The highest BCUT2D eigenvalue weighted by Crippen LogP contribution is 2.47. The molecule has 1 unspecified atom stereocenters. The molecule has 0 bridgehead atoms. The van der Waals surface area contributed by atoms with Crippen LogP contribution in [0.25, 0.3) is 11.1 Å². The molecule has 1 aliphatic rings. The van der Waals surface area contributed by atoms with Gasteiger partial charge < -0.3 is 9.47 Å². The van der Waals surface area contributed by atoms with E-state index in [0.29, 0.717) is 12.2 Å². The summed E-state index contributed by atoms with van der Waals surface area (Å²) in [6.07, 6.45) is 0. The third-order valence-electron chi connectivity index (χ3n) is 4.82. The number of rotatable bonds is 5. The van der Waals surface area contributed by atoms with Crippen molar-refractivity contribution in [2.75, 3.05) is 6.61 Å². The van der Waals surface area contributed by atoms with Crippen LogP contribution in [-0.2, 0) is 10.3 Å². The average Bonchev–Trinajstić information content (AvgIpc) is 3.52. The van der Waals surface area contributed by atoms with Crippen molar-refractivity contribution in [2.24, 2.45) is 0 Å². The van der Waals surface area contributed by atoms with Gasteiger partial charge in [-0.05, 0) is 35.4 Å². The third kappa shape index (κ3) is 3.44. The molecule has 0 saturated carbocycles. The zero-order valence-corrected chi connectivity index (χ0v) is 15.6. The minimum absolute atomic E-state index is 0.0476. The summed E-state index contributed by atoms with van der Waals surface area (Å²) in [5.41, 5.74) is 0.899. The number of nitrogens with zero attached hydrogens (tertiary/aromatic N) is 1. The number of alkyl halides is 2. The van der Waals surface area contributed by atoms with Crippen LogP contribution in [0.3, 0.4) is 0 Å². The zero-order chi connectivity index (χ0) is 20.6. The summed E-state index contributed by atoms with van der Waals surface area (Å²) in [6, 6.07) is 18.5. The molecule has 1 fully saturated rings. The highest BCUT2D eigenvalue weighted by Gasteiger charge is 2.48. The van der Waals surface area contributed by atoms with E-state index < -0.39 is 23.8 Å². The van der Waals surface area contributed by atoms with Crippen molar-refractivity contribution in [3.8, 4) is 22.9 Å². The summed E-state index contributed by atoms with van der Waals surface area (Å²) in [6.45, 7) is -2.77. The first kappa shape index (κ1) is 19.3. The van der Waals surface area contributed by atoms with E-state index >= 15 is 4.39 Å². The van der Waals surface area contributed by atoms with Gasteiger partial charge in [-0.15, -0.1) is 0 Å². The molecule has 0 spiro atoms. The summed E-state index contributed by atoms with van der Waals surface area (Å²) < 4.78 is 50.2. The van der Waals surface area contributed by atoms with Crippen LogP contribution < -0.4 is 4.74 Å². The molecule has 3 nitrogen and oxygen atoms in total. The number of hydrogen-bond donors (Lipinski definition) is 0. The van der Waals surface area contributed by atoms with E-state index in [-0.39, 0.29) is 21.7 Å². The van der Waals surface area contributed by atoms with Crippen LogP contribution in [0.4, 0.5) is 13.2 Å². The Morgan fingerprint density at radius 3 is 2.41 bits per heavy atom. The first-order valence-electron chi connectivity index (χ1n) is 8.63. The minimum atomic E-state index is -3.20. The second-order valence-electron chi connectivity index (χ2n) is 6.47. The molecule has 146 valence electrons. The van der Waals surface area contributed by atoms with Crippen LogP contribution in [0.5, 0.6) is 5.75 Å². The maximum Gasteiger partial charge on any atom is 0.387 e. The lowest BCUT2D eigenvalue weighted by molar-refractivity contribution is -0.0521. The molecule has 3 aromatic rings. The van der Waals surface area contributed by atoms with Gasteiger partial charge in [0.15, 0.2) is 11.6 Å². The Morgan fingerprint density at radius 2 is 1.79 bits per heavy atom. The number of ether oxygens (including phenoxy) is 2. The molecule has 1 atom stereocenters. The van der Waals surface area contributed by atoms with Crippen LogP contribution in [0.1, 0.15) is 16.7 Å². The second kappa shape index (κ2) is 7.43. The van der Waals surface area contributed by atoms with Crippen LogP contribution in [0.2, 0.25) is 5.02 Å². The largest absolute Gasteiger partial charge is 0.432 e. The molecule has 0 radical (unpaired) electrons. The van der Waals surface area contributed by atoms with Crippen molar-refractivity contribution >= 4 is 11.6 Å². The van der Waals surface area contributed by atoms with Crippen molar-refractivity contribution < 1.29 is 22.6 Å². The van der Waals surface area contributed by atoms with E-state index in [1.54, 1.807) is 18.2 Å². The molecule has 1 heterocycles. The lowest BCUT2D eigenvalue weighted by Gasteiger charge is -2.17. The van der Waals surface area contributed by atoms with Gasteiger partial charge in [0, 0.05) is 16.1 Å². The molecule has 0 aliphatic carbocycles. The monoisotopic (exact) mass is 415 g/mol. The van der Waals surface area contributed by atoms with Crippen LogP contribution in [0, 0.1) is 17.1 Å². The molecule has 0 amide bonds. The fraction of sp³-hybridized carbons (Fsp3) is 0.136. The van der Waals surface area contributed by atoms with Crippen molar-refractivity contribution in [3.05, 3.63) is 88.2 Å². The number of halogens is 4. The lowest BCUT2D eigenvalue weighted by Crippen LogP contribution is -2.11. The first-order valence-corrected chi connectivity index (χ1v) is 9.01. The predicted molar refractivity (Wildman–Crippen MR) is 101 cm³/mol. The van der Waals surface area contributed by atoms with Gasteiger partial charge in [-0.2, -0.15) is 14.0 Å². The van der Waals surface area contributed by atoms with Gasteiger partial charge in [-0.3, -0.25) is 0 Å². The van der Waals surface area contributed by atoms with Crippen LogP contribution in [0.15, 0.2) is 60.7 Å². The Kier molecular flexibility index (Phi) is 4.95. The van der Waals surface area contributed by atoms with E-state index in [4.69, 9.17) is 16.3 Å². The summed E-state index contributed by atoms with van der Waals surface area (Å²) in [7, 11) is 0. The average molecular weight is 416 g/mol. The molecule has 29 heavy (non-hydrogen) atoms. The second-order valence-corrected chi connectivity index (χ2v) is 6.87. The van der Waals surface area contributed by atoms with Gasteiger partial charge in [0.05, 0.1) is 18.2 Å². The summed E-state index contributed by atoms with van der Waals surface area (Å²) >= 11 is 6.30. The Morgan fingerprint density at radius 1 is 1.07 bits per heavy atom. The molecule has 1 saturated heterocycles.